The zero-order valence-electron chi connectivity index (χ0n) is 45.8. The molecule has 0 atom stereocenters. The molecule has 0 spiro atoms. The summed E-state index contributed by atoms with van der Waals surface area (Å²) in [4.78, 5) is 15.8. The molecule has 6 nitrogen and oxygen atoms in total. The lowest BCUT2D eigenvalue weighted by atomic mass is 9.80. The van der Waals surface area contributed by atoms with Gasteiger partial charge in [0.2, 0.25) is 0 Å². The number of fused-ring (bicyclic) bond motifs is 14. The van der Waals surface area contributed by atoms with Crippen molar-refractivity contribution in [3.8, 4) is 96.1 Å². The summed E-state index contributed by atoms with van der Waals surface area (Å²) in [6, 6.07) is 89.3. The lowest BCUT2D eigenvalue weighted by molar-refractivity contribution is 0.666. The van der Waals surface area contributed by atoms with Crippen molar-refractivity contribution in [2.45, 2.75) is 38.5 Å². The molecule has 0 unspecified atom stereocenters. The minimum absolute atomic E-state index is 0.260. The summed E-state index contributed by atoms with van der Waals surface area (Å²) in [6.45, 7) is 9.51. The molecular weight excluding hydrogens is 997 g/mol. The fourth-order valence-electron chi connectivity index (χ4n) is 14.2. The minimum Gasteiger partial charge on any atom is -0.309 e. The molecule has 0 fully saturated rings. The second-order valence-corrected chi connectivity index (χ2v) is 23.0. The molecule has 0 aliphatic heterocycles. The largest absolute Gasteiger partial charge is 0.309 e. The second kappa shape index (κ2) is 17.8. The normalized spacial score (nSPS) is 13.5. The highest BCUT2D eigenvalue weighted by Crippen LogP contribution is 2.56. The molecule has 3 aromatic heterocycles. The van der Waals surface area contributed by atoms with Gasteiger partial charge in [-0.15, -0.1) is 0 Å². The number of aromatic nitrogens is 5. The summed E-state index contributed by atoms with van der Waals surface area (Å²) in [5.74, 6) is 1.74. The van der Waals surface area contributed by atoms with Crippen LogP contribution < -0.4 is 0 Å². The van der Waals surface area contributed by atoms with Crippen LogP contribution in [-0.4, -0.2) is 24.1 Å². The molecule has 2 aliphatic carbocycles. The van der Waals surface area contributed by atoms with E-state index in [1.165, 1.54) is 66.1 Å². The molecular formula is C76H52N6. The number of hydrogen-bond donors (Lipinski definition) is 0. The molecule has 3 heterocycles. The molecule has 0 saturated carbocycles. The Morgan fingerprint density at radius 2 is 0.732 bits per heavy atom. The van der Waals surface area contributed by atoms with E-state index in [1.54, 1.807) is 0 Å². The van der Waals surface area contributed by atoms with E-state index in [9.17, 15) is 5.26 Å². The van der Waals surface area contributed by atoms with Crippen LogP contribution in [-0.2, 0) is 10.8 Å². The quantitative estimate of drug-likeness (QED) is 0.159. The van der Waals surface area contributed by atoms with E-state index in [0.29, 0.717) is 23.0 Å². The molecule has 2 aliphatic rings. The average molecular weight is 1050 g/mol. The SMILES string of the molecule is CC1(C)c2ccccc2-c2ccc3c(c21)c1ccccc1n3-c1ccc(-c2nc(-c3ccccc3)nc(-c3ccccc3)n2)cc1-c1cc(-c2ccccc2C#N)ccc1-n1c2ccccc2c2c3c(ccc21)-c1ccccc1C3(C)C. The standard InChI is InChI=1S/C76H52N6/c1-75(2)60-31-17-13-27-52(60)54-37-41-66-68(70(54)75)56-29-15-19-33-62(56)81(66)64-39-35-48(51-26-12-11-25-50(51)45-77)43-58(64)59-44-49(74-79-72(46-21-7-5-8-22-46)78-73(80-74)47-23-9-6-10-24-47)36-40-65(59)82-63-34-20-16-30-57(63)69-67(82)42-38-55-53-28-14-18-32-61(53)76(3,4)71(55)69/h5-44H,1-4H3. The van der Waals surface area contributed by atoms with Gasteiger partial charge in [-0.3, -0.25) is 0 Å². The van der Waals surface area contributed by atoms with Gasteiger partial charge in [0.15, 0.2) is 17.5 Å². The monoisotopic (exact) mass is 1050 g/mol. The van der Waals surface area contributed by atoms with Crippen molar-refractivity contribution in [3.05, 3.63) is 270 Å². The average Bonchev–Trinajstić information content (AvgIpc) is 2.46. The van der Waals surface area contributed by atoms with E-state index in [1.807, 2.05) is 54.6 Å². The first-order chi connectivity index (χ1) is 40.2. The summed E-state index contributed by atoms with van der Waals surface area (Å²) in [7, 11) is 0. The van der Waals surface area contributed by atoms with E-state index in [4.69, 9.17) is 15.0 Å². The molecule has 82 heavy (non-hydrogen) atoms. The Labute approximate surface area is 475 Å². The smallest absolute Gasteiger partial charge is 0.164 e. The third-order valence-electron chi connectivity index (χ3n) is 17.8. The first kappa shape index (κ1) is 47.5. The lowest BCUT2D eigenvalue weighted by Crippen LogP contribution is -2.15. The van der Waals surface area contributed by atoms with Gasteiger partial charge in [-0.05, 0) is 116 Å². The Morgan fingerprint density at radius 1 is 0.329 bits per heavy atom. The molecule has 0 radical (unpaired) electrons. The number of hydrogen-bond acceptors (Lipinski definition) is 4. The van der Waals surface area contributed by atoms with Crippen molar-refractivity contribution in [2.75, 3.05) is 0 Å². The fraction of sp³-hybridized carbons (Fsp3) is 0.0789. The maximum Gasteiger partial charge on any atom is 0.164 e. The number of rotatable bonds is 7. The van der Waals surface area contributed by atoms with Crippen molar-refractivity contribution in [2.24, 2.45) is 0 Å². The van der Waals surface area contributed by atoms with E-state index in [2.05, 4.69) is 231 Å². The first-order valence-corrected chi connectivity index (χ1v) is 28.2. The van der Waals surface area contributed by atoms with Crippen molar-refractivity contribution in [1.82, 2.24) is 24.1 Å². The molecule has 0 N–H and O–H groups in total. The highest BCUT2D eigenvalue weighted by molar-refractivity contribution is 6.17. The lowest BCUT2D eigenvalue weighted by Gasteiger charge is -2.23. The molecule has 14 aromatic rings. The van der Waals surface area contributed by atoms with Crippen LogP contribution in [0.2, 0.25) is 0 Å². The summed E-state index contributed by atoms with van der Waals surface area (Å²) in [5.41, 5.74) is 23.4. The van der Waals surface area contributed by atoms with Gasteiger partial charge in [-0.1, -0.05) is 210 Å². The van der Waals surface area contributed by atoms with E-state index < -0.39 is 0 Å². The number of benzene rings is 11. The van der Waals surface area contributed by atoms with Gasteiger partial charge >= 0.3 is 0 Å². The molecule has 386 valence electrons. The van der Waals surface area contributed by atoms with E-state index in [-0.39, 0.29) is 10.8 Å². The third-order valence-corrected chi connectivity index (χ3v) is 17.8. The number of nitriles is 1. The van der Waals surface area contributed by atoms with E-state index >= 15 is 0 Å². The molecule has 11 aromatic carbocycles. The van der Waals surface area contributed by atoms with Crippen LogP contribution in [0.1, 0.15) is 55.5 Å². The summed E-state index contributed by atoms with van der Waals surface area (Å²) in [6.07, 6.45) is 0. The summed E-state index contributed by atoms with van der Waals surface area (Å²) < 4.78 is 4.97. The zero-order valence-corrected chi connectivity index (χ0v) is 45.8. The van der Waals surface area contributed by atoms with E-state index in [0.717, 1.165) is 72.4 Å². The highest BCUT2D eigenvalue weighted by atomic mass is 15.0. The maximum absolute atomic E-state index is 10.7. The molecule has 0 saturated heterocycles. The van der Waals surface area contributed by atoms with Gasteiger partial charge in [0.1, 0.15) is 0 Å². The van der Waals surface area contributed by atoms with Crippen LogP contribution >= 0.6 is 0 Å². The Kier molecular flexibility index (Phi) is 10.3. The van der Waals surface area contributed by atoms with Crippen molar-refractivity contribution in [3.63, 3.8) is 0 Å². The molecule has 0 bridgehead atoms. The molecule has 16 rings (SSSR count). The van der Waals surface area contributed by atoms with Crippen molar-refractivity contribution >= 4 is 43.6 Å². The van der Waals surface area contributed by atoms with Crippen molar-refractivity contribution < 1.29 is 0 Å². The van der Waals surface area contributed by atoms with Crippen LogP contribution in [0.25, 0.3) is 134 Å². The predicted octanol–water partition coefficient (Wildman–Crippen LogP) is 18.9. The number of para-hydroxylation sites is 2. The third kappa shape index (κ3) is 6.84. The predicted molar refractivity (Wildman–Crippen MR) is 336 cm³/mol. The number of nitrogens with zero attached hydrogens (tertiary/aromatic N) is 6. The first-order valence-electron chi connectivity index (χ1n) is 28.2. The Balaban J connectivity index is 1.04. The topological polar surface area (TPSA) is 72.3 Å². The van der Waals surface area contributed by atoms with Gasteiger partial charge in [-0.2, -0.15) is 5.26 Å². The second-order valence-electron chi connectivity index (χ2n) is 23.0. The fourth-order valence-corrected chi connectivity index (χ4v) is 14.2. The highest BCUT2D eigenvalue weighted by Gasteiger charge is 2.40. The van der Waals surface area contributed by atoms with Gasteiger partial charge in [0, 0.05) is 60.2 Å². The van der Waals surface area contributed by atoms with Crippen LogP contribution in [0.5, 0.6) is 0 Å². The van der Waals surface area contributed by atoms with Crippen molar-refractivity contribution in [1.29, 1.82) is 5.26 Å². The Hall–Kier alpha value is -10.5. The zero-order chi connectivity index (χ0) is 55.0. The van der Waals surface area contributed by atoms with Crippen LogP contribution in [0.15, 0.2) is 243 Å². The summed E-state index contributed by atoms with van der Waals surface area (Å²) in [5, 5.41) is 15.6. The van der Waals surface area contributed by atoms with Crippen LogP contribution in [0, 0.1) is 11.3 Å². The molecule has 6 heteroatoms. The Bertz CT molecular complexity index is 4990. The van der Waals surface area contributed by atoms with Gasteiger partial charge in [0.05, 0.1) is 45.1 Å². The van der Waals surface area contributed by atoms with Gasteiger partial charge in [-0.25, -0.2) is 15.0 Å². The van der Waals surface area contributed by atoms with Crippen LogP contribution in [0.4, 0.5) is 0 Å². The van der Waals surface area contributed by atoms with Crippen LogP contribution in [0.3, 0.4) is 0 Å². The maximum atomic E-state index is 10.7. The summed E-state index contributed by atoms with van der Waals surface area (Å²) >= 11 is 0. The Morgan fingerprint density at radius 3 is 1.23 bits per heavy atom. The van der Waals surface area contributed by atoms with Gasteiger partial charge < -0.3 is 9.13 Å². The molecule has 0 amide bonds. The minimum atomic E-state index is -0.263. The van der Waals surface area contributed by atoms with Gasteiger partial charge in [0.25, 0.3) is 0 Å².